The van der Waals surface area contributed by atoms with Gasteiger partial charge >= 0.3 is 11.9 Å². The third-order valence-corrected chi connectivity index (χ3v) is 3.94. The molecule has 0 saturated heterocycles. The Hall–Kier alpha value is -1.39. The minimum atomic E-state index is -0.734. The highest BCUT2D eigenvalue weighted by Gasteiger charge is 2.03. The van der Waals surface area contributed by atoms with Gasteiger partial charge in [0.05, 0.1) is 0 Å². The molecule has 5 heteroatoms. The molecule has 0 radical (unpaired) electrons. The molecule has 2 N–H and O–H groups in total. The molecule has 0 aliphatic heterocycles. The molecule has 134 valence electrons. The van der Waals surface area contributed by atoms with E-state index < -0.39 is 11.9 Å². The molecule has 0 saturated carbocycles. The second-order valence-corrected chi connectivity index (χ2v) is 6.22. The average molecular weight is 328 g/mol. The smallest absolute Gasteiger partial charge is 0.303 e. The Bertz CT molecular complexity index is 338. The van der Waals surface area contributed by atoms with Crippen molar-refractivity contribution in [3.05, 3.63) is 0 Å². The Morgan fingerprint density at radius 3 is 1.00 bits per heavy atom. The summed E-state index contributed by atoms with van der Waals surface area (Å²) in [5.74, 6) is -1.12. The van der Waals surface area contributed by atoms with Crippen LogP contribution in [0.2, 0.25) is 0 Å². The molecule has 0 aliphatic rings. The summed E-state index contributed by atoms with van der Waals surface area (Å²) in [7, 11) is 0. The lowest BCUT2D eigenvalue weighted by atomic mass is 10.0. The fraction of sp³-hybridized carbons (Fsp3) is 0.833. The Morgan fingerprint density at radius 1 is 0.435 bits per heavy atom. The second-order valence-electron chi connectivity index (χ2n) is 6.22. The highest BCUT2D eigenvalue weighted by Crippen LogP contribution is 2.12. The maximum Gasteiger partial charge on any atom is 0.303 e. The molecule has 0 fully saturated rings. The molecule has 0 aliphatic carbocycles. The summed E-state index contributed by atoms with van der Waals surface area (Å²) in [5, 5.41) is 17.0. The van der Waals surface area contributed by atoms with Crippen molar-refractivity contribution in [1.82, 2.24) is 0 Å². The largest absolute Gasteiger partial charge is 0.481 e. The maximum absolute atomic E-state index is 11.7. The lowest BCUT2D eigenvalue weighted by Gasteiger charge is -2.03. The number of hydrogen-bond donors (Lipinski definition) is 2. The Kier molecular flexibility index (Phi) is 14.6. The van der Waals surface area contributed by atoms with Gasteiger partial charge in [0.15, 0.2) is 0 Å². The number of unbranched alkanes of at least 4 members (excludes halogenated alkanes) is 9. The van der Waals surface area contributed by atoms with E-state index in [0.717, 1.165) is 70.6 Å². The van der Waals surface area contributed by atoms with E-state index in [1.807, 2.05) is 0 Å². The van der Waals surface area contributed by atoms with Gasteiger partial charge in [-0.15, -0.1) is 0 Å². The molecule has 0 atom stereocenters. The van der Waals surface area contributed by atoms with Crippen molar-refractivity contribution in [2.45, 2.75) is 96.3 Å². The van der Waals surface area contributed by atoms with Crippen molar-refractivity contribution in [3.63, 3.8) is 0 Å². The standard InChI is InChI=1S/C18H32O5/c19-16(13-9-5-3-7-11-15-18(22)23)12-8-4-1-2-6-10-14-17(20)21/h1-15H2,(H,20,21)(H,22,23). The number of carboxylic acid groups (broad SMARTS) is 2. The zero-order chi connectivity index (χ0) is 17.3. The van der Waals surface area contributed by atoms with Gasteiger partial charge in [0, 0.05) is 25.7 Å². The second kappa shape index (κ2) is 15.5. The van der Waals surface area contributed by atoms with E-state index in [1.54, 1.807) is 0 Å². The first kappa shape index (κ1) is 21.6. The van der Waals surface area contributed by atoms with E-state index in [1.165, 1.54) is 0 Å². The Balaban J connectivity index is 3.22. The summed E-state index contributed by atoms with van der Waals surface area (Å²) in [5.41, 5.74) is 0. The number of hydrogen-bond acceptors (Lipinski definition) is 3. The average Bonchev–Trinajstić information content (AvgIpc) is 2.48. The molecule has 0 aromatic carbocycles. The number of carbonyl (C=O) groups excluding carboxylic acids is 1. The number of ketones is 1. The molecule has 0 aromatic rings. The molecule has 0 unspecified atom stereocenters. The van der Waals surface area contributed by atoms with Crippen LogP contribution in [0.3, 0.4) is 0 Å². The number of carboxylic acids is 2. The number of rotatable bonds is 17. The minimum Gasteiger partial charge on any atom is -0.481 e. The van der Waals surface area contributed by atoms with Gasteiger partial charge in [-0.1, -0.05) is 44.9 Å². The van der Waals surface area contributed by atoms with Crippen LogP contribution in [0, 0.1) is 0 Å². The molecule has 0 aromatic heterocycles. The first-order chi connectivity index (χ1) is 11.0. The van der Waals surface area contributed by atoms with E-state index >= 15 is 0 Å². The highest BCUT2D eigenvalue weighted by molar-refractivity contribution is 5.78. The SMILES string of the molecule is O=C(O)CCCCCCCCC(=O)CCCCCCCC(=O)O. The van der Waals surface area contributed by atoms with E-state index in [0.29, 0.717) is 18.6 Å². The van der Waals surface area contributed by atoms with Crippen LogP contribution in [0.5, 0.6) is 0 Å². The van der Waals surface area contributed by atoms with E-state index in [-0.39, 0.29) is 12.8 Å². The van der Waals surface area contributed by atoms with Crippen LogP contribution in [-0.4, -0.2) is 27.9 Å². The van der Waals surface area contributed by atoms with Crippen LogP contribution in [0.1, 0.15) is 96.3 Å². The van der Waals surface area contributed by atoms with Crippen molar-refractivity contribution in [2.75, 3.05) is 0 Å². The summed E-state index contributed by atoms with van der Waals surface area (Å²) in [6.07, 6.45) is 12.3. The van der Waals surface area contributed by atoms with Gasteiger partial charge in [0.2, 0.25) is 0 Å². The topological polar surface area (TPSA) is 91.7 Å². The minimum absolute atomic E-state index is 0.245. The lowest BCUT2D eigenvalue weighted by molar-refractivity contribution is -0.138. The molecule has 0 spiro atoms. The molecular formula is C18H32O5. The summed E-state index contributed by atoms with van der Waals surface area (Å²) in [4.78, 5) is 32.4. The summed E-state index contributed by atoms with van der Waals surface area (Å²) >= 11 is 0. The predicted octanol–water partition coefficient (Wildman–Crippen LogP) is 4.58. The maximum atomic E-state index is 11.7. The fourth-order valence-corrected chi connectivity index (χ4v) is 2.56. The van der Waals surface area contributed by atoms with Crippen molar-refractivity contribution in [3.8, 4) is 0 Å². The van der Waals surface area contributed by atoms with Crippen LogP contribution < -0.4 is 0 Å². The molecular weight excluding hydrogens is 296 g/mol. The van der Waals surface area contributed by atoms with Gasteiger partial charge in [-0.2, -0.15) is 0 Å². The van der Waals surface area contributed by atoms with Gasteiger partial charge in [0.25, 0.3) is 0 Å². The third kappa shape index (κ3) is 18.6. The lowest BCUT2D eigenvalue weighted by Crippen LogP contribution is -1.98. The summed E-state index contributed by atoms with van der Waals surface area (Å²) in [6.45, 7) is 0. The summed E-state index contributed by atoms with van der Waals surface area (Å²) < 4.78 is 0. The monoisotopic (exact) mass is 328 g/mol. The van der Waals surface area contributed by atoms with Crippen LogP contribution >= 0.6 is 0 Å². The zero-order valence-electron chi connectivity index (χ0n) is 14.2. The molecule has 0 bridgehead atoms. The third-order valence-electron chi connectivity index (χ3n) is 3.94. The van der Waals surface area contributed by atoms with Gasteiger partial charge in [-0.05, 0) is 25.7 Å². The fourth-order valence-electron chi connectivity index (χ4n) is 2.56. The Labute approximate surface area is 139 Å². The van der Waals surface area contributed by atoms with Crippen molar-refractivity contribution in [1.29, 1.82) is 0 Å². The highest BCUT2D eigenvalue weighted by atomic mass is 16.4. The van der Waals surface area contributed by atoms with Crippen molar-refractivity contribution in [2.24, 2.45) is 0 Å². The van der Waals surface area contributed by atoms with Gasteiger partial charge in [-0.25, -0.2) is 0 Å². The molecule has 0 amide bonds. The molecule has 0 rings (SSSR count). The van der Waals surface area contributed by atoms with Crippen LogP contribution in [0.15, 0.2) is 0 Å². The first-order valence-electron chi connectivity index (χ1n) is 8.97. The summed E-state index contributed by atoms with van der Waals surface area (Å²) in [6, 6.07) is 0. The van der Waals surface area contributed by atoms with Crippen molar-refractivity contribution < 1.29 is 24.6 Å². The molecule has 0 heterocycles. The van der Waals surface area contributed by atoms with Gasteiger partial charge in [-0.3, -0.25) is 14.4 Å². The Morgan fingerprint density at radius 2 is 0.696 bits per heavy atom. The molecule has 23 heavy (non-hydrogen) atoms. The van der Waals surface area contributed by atoms with Crippen molar-refractivity contribution >= 4 is 17.7 Å². The number of aliphatic carboxylic acids is 2. The predicted molar refractivity (Wildman–Crippen MR) is 89.5 cm³/mol. The quantitative estimate of drug-likeness (QED) is 0.381. The number of carbonyl (C=O) groups is 3. The van der Waals surface area contributed by atoms with Crippen LogP contribution in [0.25, 0.3) is 0 Å². The van der Waals surface area contributed by atoms with Crippen LogP contribution in [-0.2, 0) is 14.4 Å². The van der Waals surface area contributed by atoms with Crippen LogP contribution in [0.4, 0.5) is 0 Å². The zero-order valence-corrected chi connectivity index (χ0v) is 14.2. The van der Waals surface area contributed by atoms with E-state index in [2.05, 4.69) is 0 Å². The first-order valence-corrected chi connectivity index (χ1v) is 8.97. The van der Waals surface area contributed by atoms with Gasteiger partial charge < -0.3 is 10.2 Å². The van der Waals surface area contributed by atoms with E-state index in [9.17, 15) is 14.4 Å². The molecule has 5 nitrogen and oxygen atoms in total. The number of Topliss-reactive ketones (excluding diaryl/α,β-unsaturated/α-hetero) is 1. The normalized spacial score (nSPS) is 10.6. The van der Waals surface area contributed by atoms with Gasteiger partial charge in [0.1, 0.15) is 5.78 Å². The van der Waals surface area contributed by atoms with E-state index in [4.69, 9.17) is 10.2 Å².